The summed E-state index contributed by atoms with van der Waals surface area (Å²) in [4.78, 5) is 26.9. The van der Waals surface area contributed by atoms with Crippen LogP contribution >= 0.6 is 0 Å². The number of anilines is 2. The van der Waals surface area contributed by atoms with Gasteiger partial charge in [0.05, 0.1) is 19.3 Å². The van der Waals surface area contributed by atoms with Crippen LogP contribution in [0.3, 0.4) is 0 Å². The van der Waals surface area contributed by atoms with Crippen molar-refractivity contribution in [3.05, 3.63) is 53.6 Å². The van der Waals surface area contributed by atoms with Gasteiger partial charge in [0.2, 0.25) is 0 Å². The van der Waals surface area contributed by atoms with E-state index in [2.05, 4.69) is 22.5 Å². The van der Waals surface area contributed by atoms with E-state index in [1.807, 2.05) is 32.9 Å². The van der Waals surface area contributed by atoms with Crippen molar-refractivity contribution in [2.24, 2.45) is 0 Å². The Morgan fingerprint density at radius 2 is 1.91 bits per heavy atom. The number of amides is 2. The van der Waals surface area contributed by atoms with Gasteiger partial charge in [0, 0.05) is 37.0 Å². The van der Waals surface area contributed by atoms with E-state index in [0.29, 0.717) is 30.0 Å². The Balaban J connectivity index is 0.00000456. The minimum atomic E-state index is -0.544. The molecule has 2 aromatic carbocycles. The molecular formula is C27H39N3O5. The Hall–Kier alpha value is -3.26. The van der Waals surface area contributed by atoms with Crippen molar-refractivity contribution < 1.29 is 25.6 Å². The van der Waals surface area contributed by atoms with Crippen LogP contribution in [-0.2, 0) is 11.3 Å². The third-order valence-corrected chi connectivity index (χ3v) is 5.64. The molecule has 2 amide bonds. The summed E-state index contributed by atoms with van der Waals surface area (Å²) in [6.45, 7) is 9.46. The van der Waals surface area contributed by atoms with Crippen molar-refractivity contribution in [3.8, 4) is 5.75 Å². The van der Waals surface area contributed by atoms with E-state index in [9.17, 15) is 14.7 Å². The standard InChI is InChI=1S/C27H37N3O5.H2/c1-5-6-15-34-23-10-7-19(8-11-23)25(32)28-21-9-12-24(20(16-21)18-31)30-14-13-22(17-30)29-26(33)35-27(2,3)4;/h7-12,16,22,31H,5-6,13-15,17-18H2,1-4H3,(H,28,32)(H,29,33);1H. The van der Waals surface area contributed by atoms with Crippen LogP contribution in [0.2, 0.25) is 0 Å². The van der Waals surface area contributed by atoms with Gasteiger partial charge in [-0.05, 0) is 76.1 Å². The molecule has 0 bridgehead atoms. The molecular weight excluding hydrogens is 446 g/mol. The lowest BCUT2D eigenvalue weighted by molar-refractivity contribution is 0.0509. The van der Waals surface area contributed by atoms with Crippen LogP contribution < -0.4 is 20.3 Å². The Morgan fingerprint density at radius 3 is 2.57 bits per heavy atom. The summed E-state index contributed by atoms with van der Waals surface area (Å²) in [6.07, 6.45) is 2.41. The highest BCUT2D eigenvalue weighted by molar-refractivity contribution is 6.04. The fourth-order valence-electron chi connectivity index (χ4n) is 3.91. The van der Waals surface area contributed by atoms with E-state index in [4.69, 9.17) is 9.47 Å². The van der Waals surface area contributed by atoms with Gasteiger partial charge in [0.1, 0.15) is 11.4 Å². The summed E-state index contributed by atoms with van der Waals surface area (Å²) in [7, 11) is 0. The Kier molecular flexibility index (Phi) is 8.98. The lowest BCUT2D eigenvalue weighted by atomic mass is 10.1. The van der Waals surface area contributed by atoms with Crippen LogP contribution in [0, 0.1) is 0 Å². The molecule has 35 heavy (non-hydrogen) atoms. The molecule has 3 rings (SSSR count). The molecule has 8 heteroatoms. The first-order valence-electron chi connectivity index (χ1n) is 12.2. The van der Waals surface area contributed by atoms with Crippen molar-refractivity contribution >= 4 is 23.4 Å². The maximum atomic E-state index is 12.7. The summed E-state index contributed by atoms with van der Waals surface area (Å²) in [6, 6.07) is 12.5. The third-order valence-electron chi connectivity index (χ3n) is 5.64. The third kappa shape index (κ3) is 7.89. The van der Waals surface area contributed by atoms with Gasteiger partial charge in [0.15, 0.2) is 0 Å². The SMILES string of the molecule is CCCCOc1ccc(C(=O)Nc2ccc(N3CCC(NC(=O)OC(C)(C)C)C3)c(CO)c2)cc1.[HH]. The Bertz CT molecular complexity index is 1010. The predicted molar refractivity (Wildman–Crippen MR) is 139 cm³/mol. The number of ether oxygens (including phenoxy) is 2. The molecule has 0 aliphatic carbocycles. The topological polar surface area (TPSA) is 100 Å². The summed E-state index contributed by atoms with van der Waals surface area (Å²) >= 11 is 0. The minimum Gasteiger partial charge on any atom is -0.494 e. The number of hydrogen-bond donors (Lipinski definition) is 3. The van der Waals surface area contributed by atoms with Gasteiger partial charge in [-0.1, -0.05) is 13.3 Å². The number of carbonyl (C=O) groups excluding carboxylic acids is 2. The second kappa shape index (κ2) is 11.9. The molecule has 1 fully saturated rings. The van der Waals surface area contributed by atoms with Crippen molar-refractivity contribution in [1.82, 2.24) is 5.32 Å². The molecule has 0 aromatic heterocycles. The van der Waals surface area contributed by atoms with Crippen LogP contribution in [0.1, 0.15) is 64.3 Å². The van der Waals surface area contributed by atoms with E-state index in [1.54, 1.807) is 30.3 Å². The second-order valence-corrected chi connectivity index (χ2v) is 9.76. The molecule has 0 radical (unpaired) electrons. The van der Waals surface area contributed by atoms with Gasteiger partial charge in [-0.25, -0.2) is 4.79 Å². The predicted octanol–water partition coefficient (Wildman–Crippen LogP) is 4.96. The van der Waals surface area contributed by atoms with Gasteiger partial charge < -0.3 is 30.1 Å². The fourth-order valence-corrected chi connectivity index (χ4v) is 3.91. The zero-order valence-corrected chi connectivity index (χ0v) is 21.1. The number of hydrogen-bond acceptors (Lipinski definition) is 6. The molecule has 1 saturated heterocycles. The average molecular weight is 486 g/mol. The minimum absolute atomic E-state index is 0. The van der Waals surface area contributed by atoms with E-state index in [1.165, 1.54) is 0 Å². The van der Waals surface area contributed by atoms with Crippen LogP contribution in [0.25, 0.3) is 0 Å². The number of rotatable bonds is 9. The van der Waals surface area contributed by atoms with Crippen molar-refractivity contribution in [1.29, 1.82) is 0 Å². The number of nitrogens with one attached hydrogen (secondary N) is 2. The molecule has 1 atom stereocenters. The van der Waals surface area contributed by atoms with Gasteiger partial charge >= 0.3 is 6.09 Å². The van der Waals surface area contributed by atoms with E-state index >= 15 is 0 Å². The van der Waals surface area contributed by atoms with Crippen molar-refractivity contribution in [2.45, 2.75) is 65.2 Å². The van der Waals surface area contributed by atoms with Crippen molar-refractivity contribution in [3.63, 3.8) is 0 Å². The number of unbranched alkanes of at least 4 members (excludes halogenated alkanes) is 1. The number of aliphatic hydroxyl groups is 1. The molecule has 2 aromatic rings. The number of benzene rings is 2. The smallest absolute Gasteiger partial charge is 0.407 e. The zero-order valence-electron chi connectivity index (χ0n) is 21.1. The largest absolute Gasteiger partial charge is 0.494 e. The second-order valence-electron chi connectivity index (χ2n) is 9.76. The first-order chi connectivity index (χ1) is 16.7. The number of carbonyl (C=O) groups is 2. The Labute approximate surface area is 209 Å². The lowest BCUT2D eigenvalue weighted by Gasteiger charge is -2.24. The van der Waals surface area contributed by atoms with E-state index in [-0.39, 0.29) is 20.0 Å². The molecule has 1 aliphatic rings. The van der Waals surface area contributed by atoms with Crippen LogP contribution in [-0.4, -0.2) is 48.4 Å². The van der Waals surface area contributed by atoms with Gasteiger partial charge in [0.25, 0.3) is 5.91 Å². The molecule has 3 N–H and O–H groups in total. The summed E-state index contributed by atoms with van der Waals surface area (Å²) in [5.74, 6) is 0.511. The highest BCUT2D eigenvalue weighted by Crippen LogP contribution is 2.28. The molecule has 1 aliphatic heterocycles. The maximum absolute atomic E-state index is 12.7. The van der Waals surface area contributed by atoms with Crippen LogP contribution in [0.5, 0.6) is 5.75 Å². The summed E-state index contributed by atoms with van der Waals surface area (Å²) in [5.41, 5.74) is 2.18. The summed E-state index contributed by atoms with van der Waals surface area (Å²) < 4.78 is 11.0. The van der Waals surface area contributed by atoms with Gasteiger partial charge in [-0.15, -0.1) is 0 Å². The van der Waals surface area contributed by atoms with Gasteiger partial charge in [-0.2, -0.15) is 0 Å². The molecule has 8 nitrogen and oxygen atoms in total. The average Bonchev–Trinajstić information content (AvgIpc) is 3.26. The highest BCUT2D eigenvalue weighted by Gasteiger charge is 2.27. The molecule has 0 spiro atoms. The first kappa shape index (κ1) is 26.3. The maximum Gasteiger partial charge on any atom is 0.407 e. The van der Waals surface area contributed by atoms with Crippen LogP contribution in [0.15, 0.2) is 42.5 Å². The van der Waals surface area contributed by atoms with Crippen LogP contribution in [0.4, 0.5) is 16.2 Å². The van der Waals surface area contributed by atoms with E-state index in [0.717, 1.165) is 37.2 Å². The van der Waals surface area contributed by atoms with E-state index < -0.39 is 11.7 Å². The molecule has 1 heterocycles. The number of nitrogens with zero attached hydrogens (tertiary/aromatic N) is 1. The Morgan fingerprint density at radius 1 is 1.17 bits per heavy atom. The van der Waals surface area contributed by atoms with Gasteiger partial charge in [-0.3, -0.25) is 4.79 Å². The lowest BCUT2D eigenvalue weighted by Crippen LogP contribution is -2.40. The fraction of sp³-hybridized carbons (Fsp3) is 0.481. The number of aliphatic hydroxyl groups excluding tert-OH is 1. The first-order valence-corrected chi connectivity index (χ1v) is 12.2. The molecule has 192 valence electrons. The highest BCUT2D eigenvalue weighted by atomic mass is 16.6. The quantitative estimate of drug-likeness (QED) is 0.434. The zero-order chi connectivity index (χ0) is 25.4. The van der Waals surface area contributed by atoms with Crippen molar-refractivity contribution in [2.75, 3.05) is 29.9 Å². The summed E-state index contributed by atoms with van der Waals surface area (Å²) in [5, 5.41) is 15.8. The monoisotopic (exact) mass is 485 g/mol. The normalized spacial score (nSPS) is 15.6. The molecule has 1 unspecified atom stereocenters. The molecule has 0 saturated carbocycles. The number of alkyl carbamates (subject to hydrolysis) is 1.